The van der Waals surface area contributed by atoms with Crippen LogP contribution in [0.25, 0.3) is 0 Å². The van der Waals surface area contributed by atoms with Crippen molar-refractivity contribution in [2.75, 3.05) is 26.7 Å². The van der Waals surface area contributed by atoms with Gasteiger partial charge in [0.05, 0.1) is 0 Å². The molecule has 1 aromatic heterocycles. The van der Waals surface area contributed by atoms with Gasteiger partial charge in [-0.15, -0.1) is 0 Å². The van der Waals surface area contributed by atoms with Crippen LogP contribution >= 0.6 is 11.6 Å². The van der Waals surface area contributed by atoms with Crippen molar-refractivity contribution in [1.82, 2.24) is 15.2 Å². The largest absolute Gasteiger partial charge is 0.316 e. The number of pyridine rings is 1. The minimum absolute atomic E-state index is 0.561. The van der Waals surface area contributed by atoms with Crippen LogP contribution in [-0.2, 0) is 6.54 Å². The first-order valence-electron chi connectivity index (χ1n) is 5.74. The fourth-order valence-electron chi connectivity index (χ4n) is 2.19. The first kappa shape index (κ1) is 11.8. The second-order valence-corrected chi connectivity index (χ2v) is 4.93. The van der Waals surface area contributed by atoms with Crippen LogP contribution < -0.4 is 5.32 Å². The van der Waals surface area contributed by atoms with Gasteiger partial charge in [0, 0.05) is 19.3 Å². The maximum atomic E-state index is 5.75. The molecule has 2 heterocycles. The Hall–Kier alpha value is -0.640. The normalized spacial score (nSPS) is 20.6. The average molecular weight is 240 g/mol. The van der Waals surface area contributed by atoms with Gasteiger partial charge in [-0.2, -0.15) is 0 Å². The molecule has 0 saturated carbocycles. The van der Waals surface area contributed by atoms with E-state index in [0.29, 0.717) is 5.15 Å². The summed E-state index contributed by atoms with van der Waals surface area (Å²) in [6.45, 7) is 4.42. The third kappa shape index (κ3) is 3.44. The Bertz CT molecular complexity index is 320. The van der Waals surface area contributed by atoms with Crippen LogP contribution in [0.4, 0.5) is 0 Å². The van der Waals surface area contributed by atoms with E-state index in [1.54, 1.807) is 0 Å². The summed E-state index contributed by atoms with van der Waals surface area (Å²) in [5, 5.41) is 3.95. The highest BCUT2D eigenvalue weighted by Gasteiger charge is 2.16. The first-order valence-corrected chi connectivity index (χ1v) is 6.11. The summed E-state index contributed by atoms with van der Waals surface area (Å²) in [6, 6.07) is 3.89. The summed E-state index contributed by atoms with van der Waals surface area (Å²) < 4.78 is 0. The Kier molecular flexibility index (Phi) is 4.16. The molecule has 1 atom stereocenters. The van der Waals surface area contributed by atoms with E-state index >= 15 is 0 Å². The second kappa shape index (κ2) is 5.62. The Morgan fingerprint density at radius 1 is 1.56 bits per heavy atom. The predicted molar refractivity (Wildman–Crippen MR) is 66.6 cm³/mol. The SMILES string of the molecule is CN(Cc1ccc(Cl)nc1)C[C@@H]1CCNC1. The molecular weight excluding hydrogens is 222 g/mol. The minimum Gasteiger partial charge on any atom is -0.316 e. The smallest absolute Gasteiger partial charge is 0.129 e. The van der Waals surface area contributed by atoms with Crippen molar-refractivity contribution in [2.45, 2.75) is 13.0 Å². The van der Waals surface area contributed by atoms with Crippen molar-refractivity contribution in [3.63, 3.8) is 0 Å². The highest BCUT2D eigenvalue weighted by Crippen LogP contribution is 2.12. The van der Waals surface area contributed by atoms with Crippen molar-refractivity contribution in [3.8, 4) is 0 Å². The molecule has 2 rings (SSSR count). The monoisotopic (exact) mass is 239 g/mol. The fraction of sp³-hybridized carbons (Fsp3) is 0.583. The molecule has 0 bridgehead atoms. The van der Waals surface area contributed by atoms with Gasteiger partial charge < -0.3 is 10.2 Å². The zero-order valence-electron chi connectivity index (χ0n) is 9.62. The third-order valence-corrected chi connectivity index (χ3v) is 3.20. The van der Waals surface area contributed by atoms with E-state index in [-0.39, 0.29) is 0 Å². The number of halogens is 1. The maximum Gasteiger partial charge on any atom is 0.129 e. The molecule has 16 heavy (non-hydrogen) atoms. The van der Waals surface area contributed by atoms with E-state index in [1.165, 1.54) is 18.5 Å². The molecule has 4 heteroatoms. The van der Waals surface area contributed by atoms with Crippen LogP contribution in [-0.4, -0.2) is 36.6 Å². The van der Waals surface area contributed by atoms with Gasteiger partial charge in [0.2, 0.25) is 0 Å². The second-order valence-electron chi connectivity index (χ2n) is 4.54. The Labute approximate surface area is 102 Å². The Morgan fingerprint density at radius 2 is 2.44 bits per heavy atom. The molecule has 1 aromatic rings. The highest BCUT2D eigenvalue weighted by molar-refractivity contribution is 6.29. The number of nitrogens with zero attached hydrogens (tertiary/aromatic N) is 2. The lowest BCUT2D eigenvalue weighted by Crippen LogP contribution is -2.26. The number of hydrogen-bond acceptors (Lipinski definition) is 3. The topological polar surface area (TPSA) is 28.2 Å². The molecular formula is C12H18ClN3. The molecule has 1 aliphatic heterocycles. The van der Waals surface area contributed by atoms with E-state index in [1.807, 2.05) is 18.3 Å². The molecule has 0 unspecified atom stereocenters. The van der Waals surface area contributed by atoms with E-state index in [4.69, 9.17) is 11.6 Å². The predicted octanol–water partition coefficient (Wildman–Crippen LogP) is 1.78. The number of aromatic nitrogens is 1. The lowest BCUT2D eigenvalue weighted by atomic mass is 10.1. The molecule has 1 aliphatic rings. The molecule has 0 aromatic carbocycles. The van der Waals surface area contributed by atoms with Gasteiger partial charge in [0.25, 0.3) is 0 Å². The number of hydrogen-bond donors (Lipinski definition) is 1. The van der Waals surface area contributed by atoms with Gasteiger partial charge >= 0.3 is 0 Å². The summed E-state index contributed by atoms with van der Waals surface area (Å²) in [7, 11) is 2.16. The molecule has 0 radical (unpaired) electrons. The van der Waals surface area contributed by atoms with Crippen molar-refractivity contribution >= 4 is 11.6 Å². The van der Waals surface area contributed by atoms with E-state index in [2.05, 4.69) is 22.2 Å². The zero-order valence-corrected chi connectivity index (χ0v) is 10.4. The quantitative estimate of drug-likeness (QED) is 0.812. The molecule has 0 amide bonds. The zero-order chi connectivity index (χ0) is 11.4. The van der Waals surface area contributed by atoms with Gasteiger partial charge in [-0.3, -0.25) is 0 Å². The van der Waals surface area contributed by atoms with Crippen LogP contribution in [0.5, 0.6) is 0 Å². The van der Waals surface area contributed by atoms with Crippen LogP contribution in [0.1, 0.15) is 12.0 Å². The molecule has 1 fully saturated rings. The lowest BCUT2D eigenvalue weighted by Gasteiger charge is -2.20. The number of rotatable bonds is 4. The lowest BCUT2D eigenvalue weighted by molar-refractivity contribution is 0.278. The van der Waals surface area contributed by atoms with Gasteiger partial charge in [-0.1, -0.05) is 17.7 Å². The van der Waals surface area contributed by atoms with E-state index in [9.17, 15) is 0 Å². The van der Waals surface area contributed by atoms with E-state index < -0.39 is 0 Å². The fourth-order valence-corrected chi connectivity index (χ4v) is 2.30. The van der Waals surface area contributed by atoms with E-state index in [0.717, 1.165) is 25.6 Å². The molecule has 1 saturated heterocycles. The van der Waals surface area contributed by atoms with Crippen LogP contribution in [0, 0.1) is 5.92 Å². The molecule has 3 nitrogen and oxygen atoms in total. The summed E-state index contributed by atoms with van der Waals surface area (Å²) in [5.74, 6) is 0.797. The van der Waals surface area contributed by atoms with Crippen molar-refractivity contribution in [1.29, 1.82) is 0 Å². The van der Waals surface area contributed by atoms with Crippen molar-refractivity contribution in [2.24, 2.45) is 5.92 Å². The molecule has 88 valence electrons. The molecule has 1 N–H and O–H groups in total. The van der Waals surface area contributed by atoms with Crippen LogP contribution in [0.3, 0.4) is 0 Å². The summed E-state index contributed by atoms with van der Waals surface area (Å²) in [6.07, 6.45) is 3.15. The van der Waals surface area contributed by atoms with Crippen LogP contribution in [0.2, 0.25) is 5.15 Å². The van der Waals surface area contributed by atoms with Gasteiger partial charge in [-0.25, -0.2) is 4.98 Å². The molecule has 0 aliphatic carbocycles. The van der Waals surface area contributed by atoms with Gasteiger partial charge in [-0.05, 0) is 44.1 Å². The summed E-state index contributed by atoms with van der Waals surface area (Å²) in [4.78, 5) is 6.44. The van der Waals surface area contributed by atoms with Crippen molar-refractivity contribution < 1.29 is 0 Å². The van der Waals surface area contributed by atoms with Gasteiger partial charge in [0.1, 0.15) is 5.15 Å². The Morgan fingerprint density at radius 3 is 3.06 bits per heavy atom. The highest BCUT2D eigenvalue weighted by atomic mass is 35.5. The standard InChI is InChI=1S/C12H18ClN3/c1-16(9-11-4-5-14-6-11)8-10-2-3-12(13)15-7-10/h2-3,7,11,14H,4-6,8-9H2,1H3/t11-/m1/s1. The maximum absolute atomic E-state index is 5.75. The first-order chi connectivity index (χ1) is 7.74. The average Bonchev–Trinajstić information content (AvgIpc) is 2.74. The van der Waals surface area contributed by atoms with Crippen molar-refractivity contribution in [3.05, 3.63) is 29.0 Å². The third-order valence-electron chi connectivity index (χ3n) is 2.97. The summed E-state index contributed by atoms with van der Waals surface area (Å²) >= 11 is 5.75. The minimum atomic E-state index is 0.561. The Balaban J connectivity index is 1.81. The molecule has 0 spiro atoms. The van der Waals surface area contributed by atoms with Crippen LogP contribution in [0.15, 0.2) is 18.3 Å². The summed E-state index contributed by atoms with van der Waals surface area (Å²) in [5.41, 5.74) is 1.22. The number of nitrogens with one attached hydrogen (secondary N) is 1. The van der Waals surface area contributed by atoms with Gasteiger partial charge in [0.15, 0.2) is 0 Å².